The van der Waals surface area contributed by atoms with Gasteiger partial charge in [-0.1, -0.05) is 13.8 Å². The molecule has 0 saturated carbocycles. The van der Waals surface area contributed by atoms with Gasteiger partial charge in [0.2, 0.25) is 6.79 Å². The number of carbonyl (C=O) groups excluding carboxylic acids is 3. The zero-order chi connectivity index (χ0) is 17.5. The lowest BCUT2D eigenvalue weighted by atomic mass is 10.2. The van der Waals surface area contributed by atoms with Crippen molar-refractivity contribution < 1.29 is 28.6 Å². The highest BCUT2D eigenvalue weighted by molar-refractivity contribution is 5.96. The third kappa shape index (κ3) is 5.15. The minimum absolute atomic E-state index is 0.117. The summed E-state index contributed by atoms with van der Waals surface area (Å²) in [5, 5.41) is 5.05. The van der Waals surface area contributed by atoms with E-state index in [4.69, 9.17) is 14.2 Å². The Kier molecular flexibility index (Phi) is 6.00. The van der Waals surface area contributed by atoms with Crippen LogP contribution in [0.4, 0.5) is 0 Å². The highest BCUT2D eigenvalue weighted by Gasteiger charge is 2.17. The molecule has 8 heteroatoms. The fourth-order valence-electron chi connectivity index (χ4n) is 1.86. The summed E-state index contributed by atoms with van der Waals surface area (Å²) in [5.74, 6) is -0.159. The molecule has 1 aromatic carbocycles. The molecule has 0 aromatic heterocycles. The van der Waals surface area contributed by atoms with Crippen LogP contribution < -0.4 is 20.1 Å². The van der Waals surface area contributed by atoms with E-state index in [0.717, 1.165) is 0 Å². The van der Waals surface area contributed by atoms with E-state index in [1.54, 1.807) is 12.1 Å². The van der Waals surface area contributed by atoms with Crippen LogP contribution in [0.25, 0.3) is 0 Å². The first-order chi connectivity index (χ1) is 11.5. The number of rotatable bonds is 7. The molecule has 0 saturated heterocycles. The van der Waals surface area contributed by atoms with Gasteiger partial charge in [-0.15, -0.1) is 0 Å². The molecule has 2 amide bonds. The molecule has 0 bridgehead atoms. The normalized spacial score (nSPS) is 12.0. The van der Waals surface area contributed by atoms with E-state index in [9.17, 15) is 14.4 Å². The average Bonchev–Trinajstić information content (AvgIpc) is 3.03. The Hall–Kier alpha value is -2.77. The number of ether oxygens (including phenoxy) is 3. The second-order valence-electron chi connectivity index (χ2n) is 5.61. The van der Waals surface area contributed by atoms with Gasteiger partial charge in [-0.3, -0.25) is 14.4 Å². The zero-order valence-electron chi connectivity index (χ0n) is 13.6. The van der Waals surface area contributed by atoms with Gasteiger partial charge in [-0.05, 0) is 24.1 Å². The largest absolute Gasteiger partial charge is 0.454 e. The fourth-order valence-corrected chi connectivity index (χ4v) is 1.86. The van der Waals surface area contributed by atoms with Crippen LogP contribution in [-0.4, -0.2) is 44.3 Å². The molecule has 130 valence electrons. The van der Waals surface area contributed by atoms with Gasteiger partial charge in [0.25, 0.3) is 11.8 Å². The van der Waals surface area contributed by atoms with Crippen molar-refractivity contribution in [1.82, 2.24) is 10.6 Å². The van der Waals surface area contributed by atoms with Crippen LogP contribution in [0.3, 0.4) is 0 Å². The molecule has 1 aliphatic rings. The molecular formula is C16H20N2O6. The molecule has 0 fully saturated rings. The summed E-state index contributed by atoms with van der Waals surface area (Å²) in [6.45, 7) is 3.84. The second kappa shape index (κ2) is 8.19. The molecule has 0 atom stereocenters. The standard InChI is InChI=1S/C16H20N2O6/c1-10(2)6-17-14(19)8-22-15(20)7-18-16(21)11-3-4-12-13(5-11)24-9-23-12/h3-5,10H,6-9H2,1-2H3,(H,17,19)(H,18,21). The SMILES string of the molecule is CC(C)CNC(=O)COC(=O)CNC(=O)c1ccc2c(c1)OCO2. The van der Waals surface area contributed by atoms with E-state index >= 15 is 0 Å². The summed E-state index contributed by atoms with van der Waals surface area (Å²) >= 11 is 0. The third-order valence-corrected chi connectivity index (χ3v) is 3.10. The Bertz CT molecular complexity index is 629. The summed E-state index contributed by atoms with van der Waals surface area (Å²) in [7, 11) is 0. The summed E-state index contributed by atoms with van der Waals surface area (Å²) < 4.78 is 15.1. The predicted octanol–water partition coefficient (Wildman–Crippen LogP) is 0.460. The summed E-state index contributed by atoms with van der Waals surface area (Å²) in [4.78, 5) is 34.9. The number of benzene rings is 1. The van der Waals surface area contributed by atoms with Crippen molar-refractivity contribution in [3.63, 3.8) is 0 Å². The van der Waals surface area contributed by atoms with Gasteiger partial charge in [-0.2, -0.15) is 0 Å². The molecule has 8 nitrogen and oxygen atoms in total. The smallest absolute Gasteiger partial charge is 0.325 e. The third-order valence-electron chi connectivity index (χ3n) is 3.10. The fraction of sp³-hybridized carbons (Fsp3) is 0.438. The number of hydrogen-bond donors (Lipinski definition) is 2. The number of esters is 1. The van der Waals surface area contributed by atoms with Crippen molar-refractivity contribution in [3.05, 3.63) is 23.8 Å². The minimum Gasteiger partial charge on any atom is -0.454 e. The van der Waals surface area contributed by atoms with Crippen LogP contribution in [0.5, 0.6) is 11.5 Å². The van der Waals surface area contributed by atoms with Gasteiger partial charge >= 0.3 is 5.97 Å². The Morgan fingerprint density at radius 3 is 2.67 bits per heavy atom. The molecule has 2 N–H and O–H groups in total. The molecule has 1 heterocycles. The monoisotopic (exact) mass is 336 g/mol. The number of carbonyl (C=O) groups is 3. The molecule has 1 aromatic rings. The van der Waals surface area contributed by atoms with Crippen molar-refractivity contribution in [2.24, 2.45) is 5.92 Å². The van der Waals surface area contributed by atoms with Crippen molar-refractivity contribution in [1.29, 1.82) is 0 Å². The van der Waals surface area contributed by atoms with Crippen LogP contribution >= 0.6 is 0 Å². The Morgan fingerprint density at radius 2 is 1.92 bits per heavy atom. The van der Waals surface area contributed by atoms with Gasteiger partial charge in [0.1, 0.15) is 6.54 Å². The lowest BCUT2D eigenvalue weighted by molar-refractivity contribution is -0.147. The van der Waals surface area contributed by atoms with Crippen molar-refractivity contribution in [3.8, 4) is 11.5 Å². The highest BCUT2D eigenvalue weighted by atomic mass is 16.7. The number of hydrogen-bond acceptors (Lipinski definition) is 6. The van der Waals surface area contributed by atoms with Crippen LogP contribution in [0.1, 0.15) is 24.2 Å². The van der Waals surface area contributed by atoms with Crippen LogP contribution in [0, 0.1) is 5.92 Å². The molecule has 0 aliphatic carbocycles. The van der Waals surface area contributed by atoms with E-state index in [2.05, 4.69) is 10.6 Å². The van der Waals surface area contributed by atoms with Crippen molar-refractivity contribution in [2.45, 2.75) is 13.8 Å². The van der Waals surface area contributed by atoms with E-state index in [1.165, 1.54) is 6.07 Å². The topological polar surface area (TPSA) is 103 Å². The first-order valence-electron chi connectivity index (χ1n) is 7.56. The summed E-state index contributed by atoms with van der Waals surface area (Å²) in [5.41, 5.74) is 0.335. The second-order valence-corrected chi connectivity index (χ2v) is 5.61. The number of amides is 2. The maximum absolute atomic E-state index is 12.0. The molecule has 0 spiro atoms. The van der Waals surface area contributed by atoms with E-state index in [-0.39, 0.29) is 25.9 Å². The van der Waals surface area contributed by atoms with E-state index in [0.29, 0.717) is 29.5 Å². The molecule has 0 radical (unpaired) electrons. The first-order valence-corrected chi connectivity index (χ1v) is 7.56. The Morgan fingerprint density at radius 1 is 1.17 bits per heavy atom. The van der Waals surface area contributed by atoms with Crippen molar-refractivity contribution >= 4 is 17.8 Å². The highest BCUT2D eigenvalue weighted by Crippen LogP contribution is 2.32. The van der Waals surface area contributed by atoms with Crippen LogP contribution in [-0.2, 0) is 14.3 Å². The molecule has 1 aliphatic heterocycles. The predicted molar refractivity (Wildman–Crippen MR) is 83.7 cm³/mol. The van der Waals surface area contributed by atoms with Crippen LogP contribution in [0.2, 0.25) is 0 Å². The lowest BCUT2D eigenvalue weighted by Gasteiger charge is -2.09. The summed E-state index contributed by atoms with van der Waals surface area (Å²) in [6.07, 6.45) is 0. The Balaban J connectivity index is 1.71. The average molecular weight is 336 g/mol. The zero-order valence-corrected chi connectivity index (χ0v) is 13.6. The Labute approximate surface area is 139 Å². The van der Waals surface area contributed by atoms with Gasteiger partial charge in [0.15, 0.2) is 18.1 Å². The van der Waals surface area contributed by atoms with E-state index < -0.39 is 11.9 Å². The maximum Gasteiger partial charge on any atom is 0.325 e. The van der Waals surface area contributed by atoms with Crippen LogP contribution in [0.15, 0.2) is 18.2 Å². The molecule has 2 rings (SSSR count). The van der Waals surface area contributed by atoms with Gasteiger partial charge in [0, 0.05) is 12.1 Å². The van der Waals surface area contributed by atoms with Gasteiger partial charge in [0.05, 0.1) is 0 Å². The molecule has 24 heavy (non-hydrogen) atoms. The quantitative estimate of drug-likeness (QED) is 0.701. The molecular weight excluding hydrogens is 316 g/mol. The maximum atomic E-state index is 12.0. The van der Waals surface area contributed by atoms with E-state index in [1.807, 2.05) is 13.8 Å². The number of nitrogens with one attached hydrogen (secondary N) is 2. The summed E-state index contributed by atoms with van der Waals surface area (Å²) in [6, 6.07) is 4.71. The van der Waals surface area contributed by atoms with Gasteiger partial charge < -0.3 is 24.8 Å². The number of fused-ring (bicyclic) bond motifs is 1. The lowest BCUT2D eigenvalue weighted by Crippen LogP contribution is -2.35. The minimum atomic E-state index is -0.691. The van der Waals surface area contributed by atoms with Gasteiger partial charge in [-0.25, -0.2) is 0 Å². The van der Waals surface area contributed by atoms with Crippen molar-refractivity contribution in [2.75, 3.05) is 26.5 Å². The first kappa shape index (κ1) is 17.6. The molecule has 0 unspecified atom stereocenters.